The highest BCUT2D eigenvalue weighted by atomic mass is 14.4. The van der Waals surface area contributed by atoms with Gasteiger partial charge in [0, 0.05) is 0 Å². The second-order valence-electron chi connectivity index (χ2n) is 5.38. The molecule has 64 valence electrons. The summed E-state index contributed by atoms with van der Waals surface area (Å²) in [5.41, 5.74) is 0.680. The highest BCUT2D eigenvalue weighted by molar-refractivity contribution is 4.90. The fourth-order valence-corrected chi connectivity index (χ4v) is 3.32. The van der Waals surface area contributed by atoms with E-state index >= 15 is 0 Å². The summed E-state index contributed by atoms with van der Waals surface area (Å²) >= 11 is 0. The lowest BCUT2D eigenvalue weighted by molar-refractivity contribution is 0.277. The van der Waals surface area contributed by atoms with Crippen molar-refractivity contribution >= 4 is 0 Å². The maximum atomic E-state index is 2.45. The third-order valence-corrected chi connectivity index (χ3v) is 3.70. The first kappa shape index (κ1) is 7.64. The van der Waals surface area contributed by atoms with E-state index in [1.54, 1.807) is 0 Å². The lowest BCUT2D eigenvalue weighted by atomic mass is 9.82. The minimum absolute atomic E-state index is 0.680. The zero-order valence-corrected chi connectivity index (χ0v) is 7.90. The summed E-state index contributed by atoms with van der Waals surface area (Å²) in [6.07, 6.45) is 9.12. The Morgan fingerprint density at radius 1 is 0.909 bits per heavy atom. The van der Waals surface area contributed by atoms with Gasteiger partial charge in [0.1, 0.15) is 0 Å². The van der Waals surface area contributed by atoms with Crippen LogP contribution in [0.15, 0.2) is 0 Å². The summed E-state index contributed by atoms with van der Waals surface area (Å²) < 4.78 is 0. The van der Waals surface area contributed by atoms with Crippen LogP contribution in [0.25, 0.3) is 0 Å². The van der Waals surface area contributed by atoms with Crippen LogP contribution in [-0.4, -0.2) is 0 Å². The molecule has 11 heavy (non-hydrogen) atoms. The molecule has 2 rings (SSSR count). The lowest BCUT2D eigenvalue weighted by Crippen LogP contribution is -2.12. The molecule has 2 saturated carbocycles. The molecule has 0 aromatic heterocycles. The van der Waals surface area contributed by atoms with Crippen molar-refractivity contribution in [2.75, 3.05) is 0 Å². The van der Waals surface area contributed by atoms with Gasteiger partial charge in [-0.25, -0.2) is 0 Å². The lowest BCUT2D eigenvalue weighted by Gasteiger charge is -2.24. The van der Waals surface area contributed by atoms with E-state index in [0.29, 0.717) is 5.41 Å². The fourth-order valence-electron chi connectivity index (χ4n) is 3.32. The summed E-state index contributed by atoms with van der Waals surface area (Å²) in [5, 5.41) is 0. The minimum atomic E-state index is 0.680. The van der Waals surface area contributed by atoms with Crippen molar-refractivity contribution in [3.05, 3.63) is 0 Å². The second kappa shape index (κ2) is 2.50. The Hall–Kier alpha value is 0. The van der Waals surface area contributed by atoms with Gasteiger partial charge in [-0.2, -0.15) is 0 Å². The maximum Gasteiger partial charge on any atom is -0.0349 e. The van der Waals surface area contributed by atoms with E-state index < -0.39 is 0 Å². The van der Waals surface area contributed by atoms with Gasteiger partial charge in [-0.1, -0.05) is 39.5 Å². The minimum Gasteiger partial charge on any atom is -0.0599 e. The van der Waals surface area contributed by atoms with E-state index in [9.17, 15) is 0 Å². The Labute approximate surface area is 70.4 Å². The predicted molar refractivity (Wildman–Crippen MR) is 48.5 cm³/mol. The monoisotopic (exact) mass is 152 g/mol. The van der Waals surface area contributed by atoms with Gasteiger partial charge in [0.05, 0.1) is 0 Å². The highest BCUT2D eigenvalue weighted by Crippen LogP contribution is 2.50. The van der Waals surface area contributed by atoms with Crippen molar-refractivity contribution in [2.45, 2.75) is 52.4 Å². The molecule has 0 aliphatic heterocycles. The van der Waals surface area contributed by atoms with Crippen LogP contribution >= 0.6 is 0 Å². The van der Waals surface area contributed by atoms with E-state index in [1.807, 2.05) is 0 Å². The molecule has 0 N–H and O–H groups in total. The van der Waals surface area contributed by atoms with Crippen molar-refractivity contribution in [1.29, 1.82) is 0 Å². The van der Waals surface area contributed by atoms with Crippen LogP contribution in [-0.2, 0) is 0 Å². The average molecular weight is 152 g/mol. The van der Waals surface area contributed by atoms with Crippen LogP contribution in [0.3, 0.4) is 0 Å². The van der Waals surface area contributed by atoms with Crippen molar-refractivity contribution in [3.63, 3.8) is 0 Å². The van der Waals surface area contributed by atoms with Crippen LogP contribution in [0.2, 0.25) is 0 Å². The molecule has 0 heterocycles. The smallest absolute Gasteiger partial charge is 0.0349 e. The van der Waals surface area contributed by atoms with Gasteiger partial charge >= 0.3 is 0 Å². The molecule has 2 fully saturated rings. The molecule has 0 aromatic carbocycles. The topological polar surface area (TPSA) is 0 Å². The van der Waals surface area contributed by atoms with Crippen molar-refractivity contribution in [3.8, 4) is 0 Å². The van der Waals surface area contributed by atoms with E-state index in [2.05, 4.69) is 13.8 Å². The van der Waals surface area contributed by atoms with Gasteiger partial charge in [0.15, 0.2) is 0 Å². The SMILES string of the molecule is CC1(C)C[C@H]2CCCC[C@H]2C1. The standard InChI is InChI=1S/C11H20/c1-11(2)7-9-5-3-4-6-10(9)8-11/h9-10H,3-8H2,1-2H3/t9-,10+. The summed E-state index contributed by atoms with van der Waals surface area (Å²) in [4.78, 5) is 0. The maximum absolute atomic E-state index is 2.45. The molecule has 0 spiro atoms. The molecule has 0 bridgehead atoms. The molecule has 0 nitrogen and oxygen atoms in total. The van der Waals surface area contributed by atoms with Gasteiger partial charge < -0.3 is 0 Å². The Morgan fingerprint density at radius 3 is 1.82 bits per heavy atom. The van der Waals surface area contributed by atoms with Crippen LogP contribution in [0.4, 0.5) is 0 Å². The van der Waals surface area contributed by atoms with Gasteiger partial charge in [0.25, 0.3) is 0 Å². The summed E-state index contributed by atoms with van der Waals surface area (Å²) in [5.74, 6) is 2.22. The predicted octanol–water partition coefficient (Wildman–Crippen LogP) is 3.61. The number of hydrogen-bond donors (Lipinski definition) is 0. The van der Waals surface area contributed by atoms with E-state index in [-0.39, 0.29) is 0 Å². The Kier molecular flexibility index (Phi) is 1.74. The zero-order valence-electron chi connectivity index (χ0n) is 7.90. The molecule has 0 amide bonds. The van der Waals surface area contributed by atoms with Crippen LogP contribution < -0.4 is 0 Å². The van der Waals surface area contributed by atoms with Gasteiger partial charge in [-0.05, 0) is 30.1 Å². The Bertz CT molecular complexity index is 130. The number of rotatable bonds is 0. The zero-order chi connectivity index (χ0) is 7.90. The summed E-state index contributed by atoms with van der Waals surface area (Å²) in [7, 11) is 0. The molecular weight excluding hydrogens is 132 g/mol. The average Bonchev–Trinajstić information content (AvgIpc) is 2.21. The summed E-state index contributed by atoms with van der Waals surface area (Å²) in [6, 6.07) is 0. The van der Waals surface area contributed by atoms with E-state index in [0.717, 1.165) is 11.8 Å². The summed E-state index contributed by atoms with van der Waals surface area (Å²) in [6.45, 7) is 4.90. The first-order valence-electron chi connectivity index (χ1n) is 5.17. The van der Waals surface area contributed by atoms with E-state index in [1.165, 1.54) is 38.5 Å². The first-order chi connectivity index (χ1) is 5.17. The molecule has 2 aliphatic rings. The molecule has 0 unspecified atom stereocenters. The molecule has 2 aliphatic carbocycles. The van der Waals surface area contributed by atoms with Crippen LogP contribution in [0.1, 0.15) is 52.4 Å². The molecule has 2 atom stereocenters. The Balaban J connectivity index is 2.03. The van der Waals surface area contributed by atoms with Gasteiger partial charge in [-0.3, -0.25) is 0 Å². The third-order valence-electron chi connectivity index (χ3n) is 3.70. The fraction of sp³-hybridized carbons (Fsp3) is 1.00. The Morgan fingerprint density at radius 2 is 1.36 bits per heavy atom. The largest absolute Gasteiger partial charge is 0.0599 e. The molecule has 0 saturated heterocycles. The molecular formula is C11H20. The normalized spacial score (nSPS) is 42.0. The third kappa shape index (κ3) is 1.45. The first-order valence-corrected chi connectivity index (χ1v) is 5.17. The van der Waals surface area contributed by atoms with Crippen molar-refractivity contribution in [2.24, 2.45) is 17.3 Å². The highest BCUT2D eigenvalue weighted by Gasteiger charge is 2.39. The van der Waals surface area contributed by atoms with E-state index in [4.69, 9.17) is 0 Å². The van der Waals surface area contributed by atoms with Crippen LogP contribution in [0, 0.1) is 17.3 Å². The number of fused-ring (bicyclic) bond motifs is 1. The second-order valence-corrected chi connectivity index (χ2v) is 5.38. The van der Waals surface area contributed by atoms with Crippen LogP contribution in [0.5, 0.6) is 0 Å². The van der Waals surface area contributed by atoms with Crippen molar-refractivity contribution < 1.29 is 0 Å². The molecule has 0 heteroatoms. The van der Waals surface area contributed by atoms with Gasteiger partial charge in [-0.15, -0.1) is 0 Å². The molecule has 0 aromatic rings. The number of hydrogen-bond acceptors (Lipinski definition) is 0. The quantitative estimate of drug-likeness (QED) is 0.497. The van der Waals surface area contributed by atoms with Crippen molar-refractivity contribution in [1.82, 2.24) is 0 Å². The molecule has 0 radical (unpaired) electrons. The van der Waals surface area contributed by atoms with Gasteiger partial charge in [0.2, 0.25) is 0 Å².